The first-order valence-corrected chi connectivity index (χ1v) is 7.77. The van der Waals surface area contributed by atoms with Gasteiger partial charge in [0, 0.05) is 10.9 Å². The second-order valence-electron chi connectivity index (χ2n) is 4.79. The van der Waals surface area contributed by atoms with E-state index in [2.05, 4.69) is 16.8 Å². The molecule has 0 fully saturated rings. The Balaban J connectivity index is 1.99. The minimum Gasteiger partial charge on any atom is -0.314 e. The number of hydrogen-bond acceptors (Lipinski definition) is 2. The van der Waals surface area contributed by atoms with E-state index in [0.717, 1.165) is 25.5 Å². The molecule has 0 saturated heterocycles. The predicted octanol–water partition coefficient (Wildman–Crippen LogP) is 4.18. The number of aryl methyl sites for hydroxylation is 1. The maximum atomic E-state index is 13.7. The van der Waals surface area contributed by atoms with Crippen molar-refractivity contribution in [2.24, 2.45) is 0 Å². The molecule has 1 aromatic heterocycles. The predicted molar refractivity (Wildman–Crippen MR) is 80.2 cm³/mol. The maximum absolute atomic E-state index is 13.7. The molecule has 0 radical (unpaired) electrons. The lowest BCUT2D eigenvalue weighted by molar-refractivity contribution is 0.461. The Labute approximate surface area is 122 Å². The molecule has 20 heavy (non-hydrogen) atoms. The maximum Gasteiger partial charge on any atom is 0.162 e. The fourth-order valence-corrected chi connectivity index (χ4v) is 3.03. The molecule has 0 aliphatic heterocycles. The second kappa shape index (κ2) is 7.50. The number of benzene rings is 1. The topological polar surface area (TPSA) is 12.0 Å². The van der Waals surface area contributed by atoms with Crippen molar-refractivity contribution < 1.29 is 8.78 Å². The van der Waals surface area contributed by atoms with Crippen molar-refractivity contribution in [1.82, 2.24) is 5.32 Å². The molecule has 2 aromatic rings. The molecule has 0 saturated carbocycles. The fourth-order valence-electron chi connectivity index (χ4n) is 2.31. The Bertz CT molecular complexity index is 525. The highest BCUT2D eigenvalue weighted by Crippen LogP contribution is 2.17. The standard InChI is InChI=1S/C16H19F2NS/c1-2-19-13(8-9-14-6-4-10-20-14)11-12-5-3-7-15(17)16(12)18/h3-7,10,13,19H,2,8-9,11H2,1H3. The highest BCUT2D eigenvalue weighted by molar-refractivity contribution is 7.09. The van der Waals surface area contributed by atoms with E-state index in [1.807, 2.05) is 13.0 Å². The molecule has 4 heteroatoms. The van der Waals surface area contributed by atoms with Gasteiger partial charge in [-0.3, -0.25) is 0 Å². The Morgan fingerprint density at radius 1 is 1.20 bits per heavy atom. The number of halogens is 2. The second-order valence-corrected chi connectivity index (χ2v) is 5.82. The molecule has 1 atom stereocenters. The van der Waals surface area contributed by atoms with Crippen LogP contribution in [0.25, 0.3) is 0 Å². The lowest BCUT2D eigenvalue weighted by atomic mass is 10.0. The third-order valence-corrected chi connectivity index (χ3v) is 4.25. The summed E-state index contributed by atoms with van der Waals surface area (Å²) in [6.07, 6.45) is 2.40. The Hall–Kier alpha value is -1.26. The molecule has 1 nitrogen and oxygen atoms in total. The van der Waals surface area contributed by atoms with Crippen molar-refractivity contribution in [2.75, 3.05) is 6.54 Å². The summed E-state index contributed by atoms with van der Waals surface area (Å²) in [4.78, 5) is 1.33. The van der Waals surface area contributed by atoms with Gasteiger partial charge < -0.3 is 5.32 Å². The number of thiophene rings is 1. The van der Waals surface area contributed by atoms with Crippen LogP contribution in [0, 0.1) is 11.6 Å². The van der Waals surface area contributed by atoms with E-state index < -0.39 is 11.6 Å². The van der Waals surface area contributed by atoms with Crippen LogP contribution in [0.15, 0.2) is 35.7 Å². The normalized spacial score (nSPS) is 12.6. The van der Waals surface area contributed by atoms with Gasteiger partial charge in [-0.1, -0.05) is 25.1 Å². The van der Waals surface area contributed by atoms with E-state index in [1.165, 1.54) is 4.88 Å². The van der Waals surface area contributed by atoms with Crippen molar-refractivity contribution in [3.63, 3.8) is 0 Å². The van der Waals surface area contributed by atoms with E-state index in [9.17, 15) is 8.78 Å². The molecule has 1 aromatic carbocycles. The van der Waals surface area contributed by atoms with Gasteiger partial charge in [-0.2, -0.15) is 0 Å². The van der Waals surface area contributed by atoms with Gasteiger partial charge in [0.05, 0.1) is 0 Å². The average Bonchev–Trinajstić information content (AvgIpc) is 2.94. The van der Waals surface area contributed by atoms with Gasteiger partial charge in [0.1, 0.15) is 0 Å². The van der Waals surface area contributed by atoms with E-state index in [-0.39, 0.29) is 6.04 Å². The summed E-state index contributed by atoms with van der Waals surface area (Å²) in [6.45, 7) is 2.85. The van der Waals surface area contributed by atoms with Crippen LogP contribution >= 0.6 is 11.3 Å². The molecule has 0 bridgehead atoms. The highest BCUT2D eigenvalue weighted by atomic mass is 32.1. The minimum atomic E-state index is -0.768. The summed E-state index contributed by atoms with van der Waals surface area (Å²) in [6, 6.07) is 8.69. The Morgan fingerprint density at radius 3 is 2.75 bits per heavy atom. The summed E-state index contributed by atoms with van der Waals surface area (Å²) < 4.78 is 26.9. The first-order chi connectivity index (χ1) is 9.70. The molecule has 1 N–H and O–H groups in total. The van der Waals surface area contributed by atoms with Crippen LogP contribution in [0.1, 0.15) is 23.8 Å². The molecule has 2 rings (SSSR count). The first kappa shape index (κ1) is 15.1. The zero-order chi connectivity index (χ0) is 14.4. The van der Waals surface area contributed by atoms with E-state index >= 15 is 0 Å². The van der Waals surface area contributed by atoms with Crippen molar-refractivity contribution in [3.05, 3.63) is 57.8 Å². The van der Waals surface area contributed by atoms with Gasteiger partial charge in [0.2, 0.25) is 0 Å². The van der Waals surface area contributed by atoms with Crippen molar-refractivity contribution in [1.29, 1.82) is 0 Å². The number of nitrogens with one attached hydrogen (secondary N) is 1. The number of likely N-dealkylation sites (N-methyl/N-ethyl adjacent to an activating group) is 1. The van der Waals surface area contributed by atoms with Crippen LogP contribution < -0.4 is 5.32 Å². The summed E-state index contributed by atoms with van der Waals surface area (Å²) >= 11 is 1.73. The zero-order valence-corrected chi connectivity index (χ0v) is 12.4. The smallest absolute Gasteiger partial charge is 0.162 e. The quantitative estimate of drug-likeness (QED) is 0.808. The minimum absolute atomic E-state index is 0.165. The molecule has 0 amide bonds. The highest BCUT2D eigenvalue weighted by Gasteiger charge is 2.14. The van der Waals surface area contributed by atoms with Gasteiger partial charge in [-0.05, 0) is 48.9 Å². The zero-order valence-electron chi connectivity index (χ0n) is 11.5. The average molecular weight is 295 g/mol. The Kier molecular flexibility index (Phi) is 5.68. The number of hydrogen-bond donors (Lipinski definition) is 1. The largest absolute Gasteiger partial charge is 0.314 e. The fraction of sp³-hybridized carbons (Fsp3) is 0.375. The molecule has 0 aliphatic carbocycles. The summed E-state index contributed by atoms with van der Waals surface area (Å²) in [5, 5.41) is 5.42. The summed E-state index contributed by atoms with van der Waals surface area (Å²) in [5.41, 5.74) is 0.446. The van der Waals surface area contributed by atoms with Crippen LogP contribution in [0.5, 0.6) is 0 Å². The molecule has 0 spiro atoms. The SMILES string of the molecule is CCNC(CCc1cccs1)Cc1cccc(F)c1F. The molecule has 1 heterocycles. The molecular formula is C16H19F2NS. The first-order valence-electron chi connectivity index (χ1n) is 6.89. The van der Waals surface area contributed by atoms with Gasteiger partial charge in [0.25, 0.3) is 0 Å². The van der Waals surface area contributed by atoms with Crippen LogP contribution in [-0.4, -0.2) is 12.6 Å². The molecule has 108 valence electrons. The van der Waals surface area contributed by atoms with Gasteiger partial charge >= 0.3 is 0 Å². The van der Waals surface area contributed by atoms with Gasteiger partial charge in [-0.25, -0.2) is 8.78 Å². The van der Waals surface area contributed by atoms with E-state index in [0.29, 0.717) is 12.0 Å². The lowest BCUT2D eigenvalue weighted by Crippen LogP contribution is -2.31. The molecular weight excluding hydrogens is 276 g/mol. The van der Waals surface area contributed by atoms with Crippen LogP contribution in [0.3, 0.4) is 0 Å². The van der Waals surface area contributed by atoms with Gasteiger partial charge in [-0.15, -0.1) is 11.3 Å². The Morgan fingerprint density at radius 2 is 2.05 bits per heavy atom. The summed E-state index contributed by atoms with van der Waals surface area (Å²) in [7, 11) is 0. The van der Waals surface area contributed by atoms with Crippen molar-refractivity contribution >= 4 is 11.3 Å². The number of rotatable bonds is 7. The van der Waals surface area contributed by atoms with Crippen molar-refractivity contribution in [2.45, 2.75) is 32.2 Å². The van der Waals surface area contributed by atoms with Crippen LogP contribution in [0.4, 0.5) is 8.78 Å². The third kappa shape index (κ3) is 4.12. The monoisotopic (exact) mass is 295 g/mol. The van der Waals surface area contributed by atoms with Crippen LogP contribution in [0.2, 0.25) is 0 Å². The molecule has 1 unspecified atom stereocenters. The summed E-state index contributed by atoms with van der Waals surface area (Å²) in [5.74, 6) is -1.48. The third-order valence-electron chi connectivity index (χ3n) is 3.31. The van der Waals surface area contributed by atoms with Crippen LogP contribution in [-0.2, 0) is 12.8 Å². The molecule has 0 aliphatic rings. The lowest BCUT2D eigenvalue weighted by Gasteiger charge is -2.18. The van der Waals surface area contributed by atoms with E-state index in [4.69, 9.17) is 0 Å². The van der Waals surface area contributed by atoms with E-state index in [1.54, 1.807) is 23.5 Å². The van der Waals surface area contributed by atoms with Crippen molar-refractivity contribution in [3.8, 4) is 0 Å². The van der Waals surface area contributed by atoms with Gasteiger partial charge in [0.15, 0.2) is 11.6 Å².